The minimum Gasteiger partial charge on any atom is -0.394 e. The fraction of sp³-hybridized carbons (Fsp3) is 0.929. The average Bonchev–Trinajstić information content (AvgIpc) is 3.12. The van der Waals surface area contributed by atoms with Crippen molar-refractivity contribution in [2.45, 2.75) is 61.2 Å². The molecule has 0 aromatic heterocycles. The Balaban J connectivity index is 1.86. The molecule has 12 heteroatoms. The van der Waals surface area contributed by atoms with Crippen molar-refractivity contribution < 1.29 is 44.8 Å². The van der Waals surface area contributed by atoms with Gasteiger partial charge in [-0.15, -0.1) is 0 Å². The van der Waals surface area contributed by atoms with Crippen molar-refractivity contribution in [2.24, 2.45) is 0 Å². The lowest BCUT2D eigenvalue weighted by Gasteiger charge is -2.46. The van der Waals surface area contributed by atoms with Crippen molar-refractivity contribution in [3.05, 3.63) is 0 Å². The maximum absolute atomic E-state index is 10.6. The van der Waals surface area contributed by atoms with Gasteiger partial charge in [-0.1, -0.05) is 0 Å². The summed E-state index contributed by atoms with van der Waals surface area (Å²) in [6.07, 6.45) is -9.30. The Morgan fingerprint density at radius 3 is 2.46 bits per heavy atom. The monoisotopic (exact) mass is 396 g/mol. The summed E-state index contributed by atoms with van der Waals surface area (Å²) in [7, 11) is 1.34. The van der Waals surface area contributed by atoms with E-state index < -0.39 is 74.4 Å². The number of nitrogens with zero attached hydrogens (tertiary/aromatic N) is 1. The van der Waals surface area contributed by atoms with Crippen LogP contribution in [0.5, 0.6) is 0 Å². The summed E-state index contributed by atoms with van der Waals surface area (Å²) in [5.74, 6) is 0. The lowest BCUT2D eigenvalue weighted by atomic mass is 9.95. The molecule has 26 heavy (non-hydrogen) atoms. The largest absolute Gasteiger partial charge is 0.394 e. The van der Waals surface area contributed by atoms with Crippen molar-refractivity contribution in [2.75, 3.05) is 20.3 Å². The van der Waals surface area contributed by atoms with Gasteiger partial charge < -0.3 is 55.1 Å². The molecule has 0 radical (unpaired) electrons. The van der Waals surface area contributed by atoms with Gasteiger partial charge in [0, 0.05) is 7.11 Å². The number of nitrogens with one attached hydrogen (secondary N) is 1. The van der Waals surface area contributed by atoms with Crippen LogP contribution in [-0.2, 0) is 14.2 Å². The molecule has 0 aromatic rings. The zero-order valence-corrected chi connectivity index (χ0v) is 14.8. The first-order valence-electron chi connectivity index (χ1n) is 8.22. The van der Waals surface area contributed by atoms with Gasteiger partial charge in [-0.2, -0.15) is 0 Å². The molecule has 0 aliphatic carbocycles. The second kappa shape index (κ2) is 7.75. The zero-order chi connectivity index (χ0) is 19.2. The Morgan fingerprint density at radius 2 is 1.88 bits per heavy atom. The number of thiocarbonyl (C=S) groups is 1. The molecule has 0 saturated carbocycles. The normalized spacial score (nSPS) is 47.0. The summed E-state index contributed by atoms with van der Waals surface area (Å²) in [5.41, 5.74) is 0. The van der Waals surface area contributed by atoms with Crippen molar-refractivity contribution in [1.29, 1.82) is 0 Å². The Bertz CT molecular complexity index is 527. The smallest absolute Gasteiger partial charge is 0.180 e. The Morgan fingerprint density at radius 1 is 1.19 bits per heavy atom. The average molecular weight is 396 g/mol. The molecule has 7 N–H and O–H groups in total. The molecule has 0 aromatic carbocycles. The van der Waals surface area contributed by atoms with Gasteiger partial charge in [-0.25, -0.2) is 0 Å². The molecular formula is C14H24N2O9S. The first-order valence-corrected chi connectivity index (χ1v) is 8.63. The highest BCUT2D eigenvalue weighted by Gasteiger charge is 2.59. The number of rotatable bonds is 5. The third kappa shape index (κ3) is 3.09. The number of aliphatic hydroxyl groups excluding tert-OH is 6. The lowest BCUT2D eigenvalue weighted by molar-refractivity contribution is -0.282. The summed E-state index contributed by atoms with van der Waals surface area (Å²) >= 11 is 5.27. The zero-order valence-electron chi connectivity index (χ0n) is 14.0. The quantitative estimate of drug-likeness (QED) is 0.223. The summed E-state index contributed by atoms with van der Waals surface area (Å²) in [6, 6.07) is -1.71. The molecule has 3 fully saturated rings. The molecule has 3 rings (SSSR count). The van der Waals surface area contributed by atoms with E-state index in [0.29, 0.717) is 0 Å². The Hall–Kier alpha value is -0.670. The standard InChI is InChI=1S/C14H24N2O9S/c1-23-13-7(10(22)8(20)5(3-18)24-13)16-12-6(15-14(16)26)9(21)11(25-12)4(19)2-17/h4-13,17-22H,2-3H2,1H3,(H,15,26)/t4-,5-,6?,7-,8-,9-,10-,11-,12?,13+/m1/s1. The van der Waals surface area contributed by atoms with Crippen LogP contribution in [0.25, 0.3) is 0 Å². The molecule has 3 aliphatic heterocycles. The van der Waals surface area contributed by atoms with Gasteiger partial charge in [0.25, 0.3) is 0 Å². The van der Waals surface area contributed by atoms with E-state index in [2.05, 4.69) is 5.32 Å². The summed E-state index contributed by atoms with van der Waals surface area (Å²) < 4.78 is 16.4. The van der Waals surface area contributed by atoms with Crippen LogP contribution in [0.1, 0.15) is 0 Å². The topological polar surface area (TPSA) is 164 Å². The second-order valence-corrected chi connectivity index (χ2v) is 6.93. The van der Waals surface area contributed by atoms with E-state index in [0.717, 1.165) is 0 Å². The second-order valence-electron chi connectivity index (χ2n) is 6.55. The van der Waals surface area contributed by atoms with E-state index in [1.165, 1.54) is 12.0 Å². The third-order valence-electron chi connectivity index (χ3n) is 5.08. The maximum atomic E-state index is 10.6. The van der Waals surface area contributed by atoms with E-state index in [-0.39, 0.29) is 5.11 Å². The van der Waals surface area contributed by atoms with E-state index in [1.807, 2.05) is 0 Å². The molecule has 0 bridgehead atoms. The van der Waals surface area contributed by atoms with E-state index >= 15 is 0 Å². The first kappa shape index (κ1) is 20.1. The van der Waals surface area contributed by atoms with Gasteiger partial charge in [-0.05, 0) is 12.2 Å². The highest BCUT2D eigenvalue weighted by atomic mass is 32.1. The van der Waals surface area contributed by atoms with Crippen molar-refractivity contribution in [3.8, 4) is 0 Å². The van der Waals surface area contributed by atoms with E-state index in [4.69, 9.17) is 31.5 Å². The summed E-state index contributed by atoms with van der Waals surface area (Å²) in [4.78, 5) is 1.41. The first-order chi connectivity index (χ1) is 12.3. The molecule has 150 valence electrons. The van der Waals surface area contributed by atoms with Gasteiger partial charge in [0.15, 0.2) is 17.6 Å². The summed E-state index contributed by atoms with van der Waals surface area (Å²) in [6.45, 7) is -1.11. The number of fused-ring (bicyclic) bond motifs is 1. The van der Waals surface area contributed by atoms with Crippen molar-refractivity contribution >= 4 is 17.3 Å². The number of aliphatic hydroxyl groups is 6. The number of hydrogen-bond donors (Lipinski definition) is 7. The van der Waals surface area contributed by atoms with Gasteiger partial charge >= 0.3 is 0 Å². The van der Waals surface area contributed by atoms with Crippen LogP contribution in [0.15, 0.2) is 0 Å². The number of ether oxygens (including phenoxy) is 3. The van der Waals surface area contributed by atoms with Crippen LogP contribution in [0.2, 0.25) is 0 Å². The highest BCUT2D eigenvalue weighted by molar-refractivity contribution is 7.80. The van der Waals surface area contributed by atoms with Crippen LogP contribution in [0.3, 0.4) is 0 Å². The Kier molecular flexibility index (Phi) is 5.99. The van der Waals surface area contributed by atoms with Gasteiger partial charge in [0.1, 0.15) is 48.7 Å². The molecule has 11 nitrogen and oxygen atoms in total. The molecule has 3 saturated heterocycles. The SMILES string of the molecule is CO[C@H]1O[C@H](CO)[C@@H](O)[C@H](O)[C@H]1N1C(=S)NC2C1O[C@H]([C@H](O)CO)[C@@H]2O. The highest BCUT2D eigenvalue weighted by Crippen LogP contribution is 2.36. The number of methoxy groups -OCH3 is 1. The predicted molar refractivity (Wildman–Crippen MR) is 87.7 cm³/mol. The van der Waals surface area contributed by atoms with Crippen LogP contribution < -0.4 is 5.32 Å². The fourth-order valence-corrected chi connectivity index (χ4v) is 4.07. The Labute approximate surface area is 154 Å². The lowest BCUT2D eigenvalue weighted by Crippen LogP contribution is -2.66. The van der Waals surface area contributed by atoms with E-state index in [1.54, 1.807) is 0 Å². The van der Waals surface area contributed by atoms with Gasteiger partial charge in [0.05, 0.1) is 13.2 Å². The van der Waals surface area contributed by atoms with Crippen molar-refractivity contribution in [1.82, 2.24) is 10.2 Å². The van der Waals surface area contributed by atoms with Crippen LogP contribution in [0, 0.1) is 0 Å². The fourth-order valence-electron chi connectivity index (χ4n) is 3.71. The van der Waals surface area contributed by atoms with Crippen LogP contribution >= 0.6 is 12.2 Å². The van der Waals surface area contributed by atoms with E-state index in [9.17, 15) is 25.5 Å². The molecule has 10 atom stereocenters. The number of hydrogen-bond acceptors (Lipinski definition) is 10. The third-order valence-corrected chi connectivity index (χ3v) is 5.40. The minimum atomic E-state index is -1.40. The maximum Gasteiger partial charge on any atom is 0.180 e. The minimum absolute atomic E-state index is 0.139. The van der Waals surface area contributed by atoms with Crippen LogP contribution in [-0.4, -0.2) is 122 Å². The molecule has 3 aliphatic rings. The predicted octanol–water partition coefficient (Wildman–Crippen LogP) is -4.56. The molecule has 2 unspecified atom stereocenters. The van der Waals surface area contributed by atoms with Gasteiger partial charge in [-0.3, -0.25) is 0 Å². The molecule has 0 amide bonds. The van der Waals surface area contributed by atoms with Crippen molar-refractivity contribution in [3.63, 3.8) is 0 Å². The molecule has 0 spiro atoms. The van der Waals surface area contributed by atoms with Crippen LogP contribution in [0.4, 0.5) is 0 Å². The summed E-state index contributed by atoms with van der Waals surface area (Å²) in [5, 5.41) is 62.4. The molecular weight excluding hydrogens is 372 g/mol. The molecule has 3 heterocycles. The van der Waals surface area contributed by atoms with Gasteiger partial charge in [0.2, 0.25) is 0 Å².